The summed E-state index contributed by atoms with van der Waals surface area (Å²) in [6.07, 6.45) is 0.947. The van der Waals surface area contributed by atoms with Crippen LogP contribution in [0.2, 0.25) is 0 Å². The molecule has 1 heterocycles. The van der Waals surface area contributed by atoms with Crippen molar-refractivity contribution >= 4 is 10.8 Å². The van der Waals surface area contributed by atoms with Crippen LogP contribution in [0.1, 0.15) is 31.1 Å². The maximum absolute atomic E-state index is 12.0. The third-order valence-electron chi connectivity index (χ3n) is 3.07. The molecule has 80 valence electrons. The third-order valence-corrected chi connectivity index (χ3v) is 4.86. The lowest BCUT2D eigenvalue weighted by Gasteiger charge is -2.24. The molecule has 1 aromatic carbocycles. The van der Waals surface area contributed by atoms with Gasteiger partial charge in [0, 0.05) is 16.6 Å². The topological polar surface area (TPSA) is 17.1 Å². The molecular formula is C13H16OS. The lowest BCUT2D eigenvalue weighted by molar-refractivity contribution is 0.667. The Balaban J connectivity index is 2.29. The number of rotatable bonds is 1. The molecule has 2 atom stereocenters. The fourth-order valence-corrected chi connectivity index (χ4v) is 3.69. The van der Waals surface area contributed by atoms with E-state index >= 15 is 0 Å². The van der Waals surface area contributed by atoms with E-state index in [-0.39, 0.29) is 5.25 Å². The van der Waals surface area contributed by atoms with E-state index in [4.69, 9.17) is 0 Å². The van der Waals surface area contributed by atoms with Crippen LogP contribution in [-0.4, -0.2) is 9.96 Å². The van der Waals surface area contributed by atoms with E-state index < -0.39 is 10.8 Å². The van der Waals surface area contributed by atoms with Crippen molar-refractivity contribution in [3.63, 3.8) is 0 Å². The molecule has 1 aliphatic rings. The molecule has 1 aliphatic heterocycles. The van der Waals surface area contributed by atoms with Gasteiger partial charge < -0.3 is 0 Å². The van der Waals surface area contributed by atoms with Crippen molar-refractivity contribution < 1.29 is 4.21 Å². The van der Waals surface area contributed by atoms with Gasteiger partial charge in [0.15, 0.2) is 0 Å². The van der Waals surface area contributed by atoms with Crippen LogP contribution in [0.3, 0.4) is 0 Å². The average Bonchev–Trinajstić information content (AvgIpc) is 2.25. The van der Waals surface area contributed by atoms with Gasteiger partial charge in [-0.2, -0.15) is 0 Å². The summed E-state index contributed by atoms with van der Waals surface area (Å²) in [7, 11) is -0.738. The van der Waals surface area contributed by atoms with Crippen LogP contribution in [0.5, 0.6) is 0 Å². The van der Waals surface area contributed by atoms with Gasteiger partial charge >= 0.3 is 0 Å². The van der Waals surface area contributed by atoms with Crippen molar-refractivity contribution in [3.05, 3.63) is 47.0 Å². The normalized spacial score (nSPS) is 26.8. The zero-order chi connectivity index (χ0) is 10.8. The van der Waals surface area contributed by atoms with Crippen LogP contribution < -0.4 is 0 Å². The molecule has 0 aromatic heterocycles. The second kappa shape index (κ2) is 4.31. The highest BCUT2D eigenvalue weighted by Crippen LogP contribution is 2.33. The van der Waals surface area contributed by atoms with Gasteiger partial charge in [-0.15, -0.1) is 0 Å². The number of allylic oxidation sites excluding steroid dienone is 1. The predicted octanol–water partition coefficient (Wildman–Crippen LogP) is 3.22. The van der Waals surface area contributed by atoms with Crippen LogP contribution >= 0.6 is 0 Å². The van der Waals surface area contributed by atoms with Crippen molar-refractivity contribution in [2.75, 3.05) is 5.75 Å². The fourth-order valence-electron chi connectivity index (χ4n) is 1.92. The SMILES string of the molecule is CC1=C(C)CS(=O)[C@H](c2ccccc2)C1. The van der Waals surface area contributed by atoms with Crippen molar-refractivity contribution in [3.8, 4) is 0 Å². The highest BCUT2D eigenvalue weighted by atomic mass is 32.2. The predicted molar refractivity (Wildman–Crippen MR) is 65.2 cm³/mol. The largest absolute Gasteiger partial charge is 0.259 e. The molecule has 0 aliphatic carbocycles. The van der Waals surface area contributed by atoms with Gasteiger partial charge in [0.2, 0.25) is 0 Å². The van der Waals surface area contributed by atoms with E-state index in [0.717, 1.165) is 12.2 Å². The van der Waals surface area contributed by atoms with Crippen LogP contribution in [0.4, 0.5) is 0 Å². The van der Waals surface area contributed by atoms with E-state index in [1.807, 2.05) is 18.2 Å². The summed E-state index contributed by atoms with van der Waals surface area (Å²) >= 11 is 0. The molecule has 1 nitrogen and oxygen atoms in total. The Kier molecular flexibility index (Phi) is 3.06. The molecular weight excluding hydrogens is 204 g/mol. The highest BCUT2D eigenvalue weighted by Gasteiger charge is 2.24. The third kappa shape index (κ3) is 2.20. The van der Waals surface area contributed by atoms with Crippen molar-refractivity contribution in [1.29, 1.82) is 0 Å². The maximum atomic E-state index is 12.0. The van der Waals surface area contributed by atoms with Crippen LogP contribution in [0.15, 0.2) is 41.5 Å². The van der Waals surface area contributed by atoms with Gasteiger partial charge in [-0.3, -0.25) is 4.21 Å². The molecule has 0 spiro atoms. The molecule has 0 radical (unpaired) electrons. The molecule has 0 saturated heterocycles. The Bertz CT molecular complexity index is 406. The second-order valence-electron chi connectivity index (χ2n) is 4.19. The second-order valence-corrected chi connectivity index (χ2v) is 5.81. The van der Waals surface area contributed by atoms with E-state index in [1.54, 1.807) is 0 Å². The smallest absolute Gasteiger partial charge is 0.0637 e. The molecule has 15 heavy (non-hydrogen) atoms. The lowest BCUT2D eigenvalue weighted by Crippen LogP contribution is -2.17. The summed E-state index contributed by atoms with van der Waals surface area (Å²) in [6.45, 7) is 4.25. The van der Waals surface area contributed by atoms with Crippen molar-refractivity contribution in [2.45, 2.75) is 25.5 Å². The minimum Gasteiger partial charge on any atom is -0.259 e. The van der Waals surface area contributed by atoms with E-state index in [0.29, 0.717) is 0 Å². The van der Waals surface area contributed by atoms with Crippen molar-refractivity contribution in [2.24, 2.45) is 0 Å². The zero-order valence-electron chi connectivity index (χ0n) is 9.19. The fraction of sp³-hybridized carbons (Fsp3) is 0.385. The number of hydrogen-bond donors (Lipinski definition) is 0. The summed E-state index contributed by atoms with van der Waals surface area (Å²) in [5, 5.41) is 0.204. The van der Waals surface area contributed by atoms with Gasteiger partial charge in [-0.25, -0.2) is 0 Å². The summed E-state index contributed by atoms with van der Waals surface area (Å²) in [4.78, 5) is 0. The lowest BCUT2D eigenvalue weighted by atomic mass is 10.0. The van der Waals surface area contributed by atoms with Gasteiger partial charge in [0.1, 0.15) is 0 Å². The summed E-state index contributed by atoms with van der Waals surface area (Å²) in [5.41, 5.74) is 3.92. The Morgan fingerprint density at radius 1 is 1.13 bits per heavy atom. The molecule has 0 fully saturated rings. The summed E-state index contributed by atoms with van der Waals surface area (Å²) in [5.74, 6) is 0.741. The minimum absolute atomic E-state index is 0.204. The minimum atomic E-state index is -0.738. The van der Waals surface area contributed by atoms with Crippen LogP contribution in [-0.2, 0) is 10.8 Å². The van der Waals surface area contributed by atoms with Gasteiger partial charge in [0.05, 0.1) is 5.25 Å². The van der Waals surface area contributed by atoms with E-state index in [2.05, 4.69) is 26.0 Å². The monoisotopic (exact) mass is 220 g/mol. The molecule has 0 bridgehead atoms. The standard InChI is InChI=1S/C13H16OS/c1-10-8-13(15(14)9-11(10)2)12-6-4-3-5-7-12/h3-7,13H,8-9H2,1-2H3/t13-,15?/m0/s1. The summed E-state index contributed by atoms with van der Waals surface area (Å²) in [6, 6.07) is 10.2. The maximum Gasteiger partial charge on any atom is 0.0637 e. The first-order valence-corrected chi connectivity index (χ1v) is 6.64. The zero-order valence-corrected chi connectivity index (χ0v) is 10.0. The quantitative estimate of drug-likeness (QED) is 0.664. The first-order chi connectivity index (χ1) is 7.18. The van der Waals surface area contributed by atoms with Gasteiger partial charge in [-0.05, 0) is 25.8 Å². The Morgan fingerprint density at radius 2 is 1.80 bits per heavy atom. The molecule has 2 heteroatoms. The average molecular weight is 220 g/mol. The molecule has 1 unspecified atom stereocenters. The van der Waals surface area contributed by atoms with Gasteiger partial charge in [0.25, 0.3) is 0 Å². The highest BCUT2D eigenvalue weighted by molar-refractivity contribution is 7.85. The van der Waals surface area contributed by atoms with Crippen LogP contribution in [0.25, 0.3) is 0 Å². The molecule has 0 N–H and O–H groups in total. The number of benzene rings is 1. The Morgan fingerprint density at radius 3 is 2.47 bits per heavy atom. The Labute approximate surface area is 93.7 Å². The van der Waals surface area contributed by atoms with E-state index in [1.165, 1.54) is 16.7 Å². The molecule has 0 amide bonds. The Hall–Kier alpha value is -0.890. The van der Waals surface area contributed by atoms with Crippen LogP contribution in [0, 0.1) is 0 Å². The first-order valence-electron chi connectivity index (χ1n) is 5.26. The molecule has 0 saturated carbocycles. The number of hydrogen-bond acceptors (Lipinski definition) is 1. The van der Waals surface area contributed by atoms with E-state index in [9.17, 15) is 4.21 Å². The van der Waals surface area contributed by atoms with Crippen molar-refractivity contribution in [1.82, 2.24) is 0 Å². The van der Waals surface area contributed by atoms with Gasteiger partial charge in [-0.1, -0.05) is 41.5 Å². The molecule has 1 aromatic rings. The summed E-state index contributed by atoms with van der Waals surface area (Å²) < 4.78 is 12.0. The molecule has 2 rings (SSSR count). The first kappa shape index (κ1) is 10.6.